The van der Waals surface area contributed by atoms with E-state index in [1.165, 1.54) is 37.7 Å². The molecule has 0 aromatic carbocycles. The van der Waals surface area contributed by atoms with E-state index in [0.29, 0.717) is 0 Å². The minimum absolute atomic E-state index is 0.739. The Balaban J connectivity index is 1.75. The fraction of sp³-hybridized carbons (Fsp3) is 0.769. The molecule has 0 amide bonds. The van der Waals surface area contributed by atoms with Gasteiger partial charge in [0.25, 0.3) is 0 Å². The van der Waals surface area contributed by atoms with Crippen molar-refractivity contribution in [3.05, 3.63) is 18.0 Å². The Hall–Kier alpha value is -0.830. The second-order valence-electron chi connectivity index (χ2n) is 4.83. The first kappa shape index (κ1) is 11.6. The standard InChI is InChI=1S/C13H23N3/c1-2-8-16-11-12(10-15-16)9-14-13-6-4-3-5-7-13/h10-11,13-14H,2-9H2,1H3. The van der Waals surface area contributed by atoms with Crippen LogP contribution in [-0.4, -0.2) is 15.8 Å². The minimum Gasteiger partial charge on any atom is -0.310 e. The van der Waals surface area contributed by atoms with E-state index in [2.05, 4.69) is 23.5 Å². The van der Waals surface area contributed by atoms with Crippen molar-refractivity contribution in [3.8, 4) is 0 Å². The Kier molecular flexibility index (Phi) is 4.40. The van der Waals surface area contributed by atoms with E-state index in [1.807, 2.05) is 10.9 Å². The van der Waals surface area contributed by atoms with Crippen LogP contribution in [0.2, 0.25) is 0 Å². The second-order valence-corrected chi connectivity index (χ2v) is 4.83. The van der Waals surface area contributed by atoms with Crippen LogP contribution in [0.25, 0.3) is 0 Å². The largest absolute Gasteiger partial charge is 0.310 e. The first-order valence-electron chi connectivity index (χ1n) is 6.63. The van der Waals surface area contributed by atoms with Gasteiger partial charge in [0, 0.05) is 30.9 Å². The van der Waals surface area contributed by atoms with Crippen LogP contribution in [0, 0.1) is 0 Å². The Morgan fingerprint density at radius 3 is 2.94 bits per heavy atom. The van der Waals surface area contributed by atoms with Gasteiger partial charge in [0.05, 0.1) is 6.20 Å². The molecule has 0 unspecified atom stereocenters. The lowest BCUT2D eigenvalue weighted by molar-refractivity contribution is 0.372. The summed E-state index contributed by atoms with van der Waals surface area (Å²) >= 11 is 0. The monoisotopic (exact) mass is 221 g/mol. The summed E-state index contributed by atoms with van der Waals surface area (Å²) in [6.45, 7) is 4.19. The van der Waals surface area contributed by atoms with Gasteiger partial charge in [-0.25, -0.2) is 0 Å². The van der Waals surface area contributed by atoms with Crippen LogP contribution in [-0.2, 0) is 13.1 Å². The summed E-state index contributed by atoms with van der Waals surface area (Å²) in [5, 5.41) is 7.99. The van der Waals surface area contributed by atoms with Gasteiger partial charge < -0.3 is 5.32 Å². The van der Waals surface area contributed by atoms with Crippen molar-refractivity contribution in [1.29, 1.82) is 0 Å². The molecule has 16 heavy (non-hydrogen) atoms. The quantitative estimate of drug-likeness (QED) is 0.828. The first-order chi connectivity index (χ1) is 7.88. The fourth-order valence-corrected chi connectivity index (χ4v) is 2.42. The van der Waals surface area contributed by atoms with Crippen molar-refractivity contribution < 1.29 is 0 Å². The molecular weight excluding hydrogens is 198 g/mol. The summed E-state index contributed by atoms with van der Waals surface area (Å²) in [4.78, 5) is 0. The predicted octanol–water partition coefficient (Wildman–Crippen LogP) is 2.72. The molecule has 2 rings (SSSR count). The molecule has 1 aromatic rings. The van der Waals surface area contributed by atoms with Crippen molar-refractivity contribution in [2.75, 3.05) is 0 Å². The number of aryl methyl sites for hydroxylation is 1. The summed E-state index contributed by atoms with van der Waals surface area (Å²) in [5.74, 6) is 0. The average molecular weight is 221 g/mol. The predicted molar refractivity (Wildman–Crippen MR) is 66.2 cm³/mol. The molecule has 1 aromatic heterocycles. The summed E-state index contributed by atoms with van der Waals surface area (Å²) in [6, 6.07) is 0.739. The van der Waals surface area contributed by atoms with Gasteiger partial charge >= 0.3 is 0 Å². The Morgan fingerprint density at radius 1 is 1.38 bits per heavy atom. The Bertz CT molecular complexity index is 300. The molecule has 3 nitrogen and oxygen atoms in total. The number of hydrogen-bond donors (Lipinski definition) is 1. The third-order valence-electron chi connectivity index (χ3n) is 3.34. The molecule has 0 aliphatic heterocycles. The average Bonchev–Trinajstić information content (AvgIpc) is 2.76. The normalized spacial score (nSPS) is 17.8. The zero-order valence-corrected chi connectivity index (χ0v) is 10.3. The summed E-state index contributed by atoms with van der Waals surface area (Å²) in [6.07, 6.45) is 12.2. The van der Waals surface area contributed by atoms with E-state index in [9.17, 15) is 0 Å². The van der Waals surface area contributed by atoms with E-state index in [1.54, 1.807) is 0 Å². The van der Waals surface area contributed by atoms with Crippen molar-refractivity contribution >= 4 is 0 Å². The summed E-state index contributed by atoms with van der Waals surface area (Å²) < 4.78 is 2.04. The highest BCUT2D eigenvalue weighted by atomic mass is 15.3. The number of nitrogens with zero attached hydrogens (tertiary/aromatic N) is 2. The van der Waals surface area contributed by atoms with Crippen molar-refractivity contribution in [1.82, 2.24) is 15.1 Å². The highest BCUT2D eigenvalue weighted by molar-refractivity contribution is 5.03. The molecule has 1 heterocycles. The van der Waals surface area contributed by atoms with Gasteiger partial charge in [0.2, 0.25) is 0 Å². The number of hydrogen-bond acceptors (Lipinski definition) is 2. The number of aromatic nitrogens is 2. The zero-order chi connectivity index (χ0) is 11.2. The van der Waals surface area contributed by atoms with Crippen LogP contribution in [0.1, 0.15) is 51.0 Å². The molecular formula is C13H23N3. The molecule has 1 aliphatic rings. The minimum atomic E-state index is 0.739. The topological polar surface area (TPSA) is 29.9 Å². The van der Waals surface area contributed by atoms with Crippen molar-refractivity contribution in [3.63, 3.8) is 0 Å². The van der Waals surface area contributed by atoms with E-state index < -0.39 is 0 Å². The molecule has 0 radical (unpaired) electrons. The van der Waals surface area contributed by atoms with Gasteiger partial charge in [-0.1, -0.05) is 26.2 Å². The van der Waals surface area contributed by atoms with Gasteiger partial charge in [0.15, 0.2) is 0 Å². The molecule has 1 fully saturated rings. The second kappa shape index (κ2) is 6.04. The van der Waals surface area contributed by atoms with Crippen LogP contribution in [0.4, 0.5) is 0 Å². The lowest BCUT2D eigenvalue weighted by Gasteiger charge is -2.22. The number of nitrogens with one attached hydrogen (secondary N) is 1. The highest BCUT2D eigenvalue weighted by Gasteiger charge is 2.12. The molecule has 0 spiro atoms. The van der Waals surface area contributed by atoms with Gasteiger partial charge in [-0.05, 0) is 19.3 Å². The van der Waals surface area contributed by atoms with Gasteiger partial charge in [0.1, 0.15) is 0 Å². The molecule has 1 saturated carbocycles. The third kappa shape index (κ3) is 3.34. The maximum Gasteiger partial charge on any atom is 0.0534 e. The molecule has 1 aliphatic carbocycles. The molecule has 0 bridgehead atoms. The molecule has 90 valence electrons. The fourth-order valence-electron chi connectivity index (χ4n) is 2.42. The molecule has 3 heteroatoms. The van der Waals surface area contributed by atoms with Crippen molar-refractivity contribution in [2.24, 2.45) is 0 Å². The van der Waals surface area contributed by atoms with Crippen molar-refractivity contribution in [2.45, 2.75) is 64.6 Å². The van der Waals surface area contributed by atoms with E-state index in [-0.39, 0.29) is 0 Å². The van der Waals surface area contributed by atoms with Crippen LogP contribution in [0.15, 0.2) is 12.4 Å². The van der Waals surface area contributed by atoms with Gasteiger partial charge in [-0.2, -0.15) is 5.10 Å². The van der Waals surface area contributed by atoms with Gasteiger partial charge in [-0.15, -0.1) is 0 Å². The smallest absolute Gasteiger partial charge is 0.0534 e. The van der Waals surface area contributed by atoms with Crippen LogP contribution < -0.4 is 5.32 Å². The van der Waals surface area contributed by atoms with Crippen LogP contribution in [0.5, 0.6) is 0 Å². The lowest BCUT2D eigenvalue weighted by atomic mass is 9.95. The molecule has 1 N–H and O–H groups in total. The maximum atomic E-state index is 4.35. The van der Waals surface area contributed by atoms with E-state index in [0.717, 1.165) is 25.6 Å². The van der Waals surface area contributed by atoms with Crippen LogP contribution >= 0.6 is 0 Å². The Labute approximate surface area is 98.2 Å². The SMILES string of the molecule is CCCn1cc(CNC2CCCCC2)cn1. The number of rotatable bonds is 5. The zero-order valence-electron chi connectivity index (χ0n) is 10.3. The highest BCUT2D eigenvalue weighted by Crippen LogP contribution is 2.17. The summed E-state index contributed by atoms with van der Waals surface area (Å²) in [5.41, 5.74) is 1.32. The maximum absolute atomic E-state index is 4.35. The van der Waals surface area contributed by atoms with Gasteiger partial charge in [-0.3, -0.25) is 4.68 Å². The van der Waals surface area contributed by atoms with Crippen LogP contribution in [0.3, 0.4) is 0 Å². The lowest BCUT2D eigenvalue weighted by Crippen LogP contribution is -2.30. The van der Waals surface area contributed by atoms with E-state index >= 15 is 0 Å². The summed E-state index contributed by atoms with van der Waals surface area (Å²) in [7, 11) is 0. The van der Waals surface area contributed by atoms with E-state index in [4.69, 9.17) is 0 Å². The first-order valence-corrected chi connectivity index (χ1v) is 6.63. The third-order valence-corrected chi connectivity index (χ3v) is 3.34. The Morgan fingerprint density at radius 2 is 2.19 bits per heavy atom. The molecule has 0 atom stereocenters. The molecule has 0 saturated heterocycles.